The maximum atomic E-state index is 11.6. The third-order valence-corrected chi connectivity index (χ3v) is 3.26. The van der Waals surface area contributed by atoms with E-state index in [1.54, 1.807) is 0 Å². The van der Waals surface area contributed by atoms with Crippen LogP contribution in [0.1, 0.15) is 40.0 Å². The van der Waals surface area contributed by atoms with Gasteiger partial charge in [0.25, 0.3) is 0 Å². The largest absolute Gasteiger partial charge is 0.444 e. The van der Waals surface area contributed by atoms with Crippen molar-refractivity contribution in [3.63, 3.8) is 0 Å². The number of carbonyl (C=O) groups is 1. The van der Waals surface area contributed by atoms with Crippen LogP contribution in [0.4, 0.5) is 4.79 Å². The number of nitrogens with one attached hydrogen (secondary N) is 2. The van der Waals surface area contributed by atoms with Crippen LogP contribution in [0.15, 0.2) is 0 Å². The summed E-state index contributed by atoms with van der Waals surface area (Å²) < 4.78 is 10.4. The minimum absolute atomic E-state index is 0.235. The Hall–Kier alpha value is -0.810. The summed E-state index contributed by atoms with van der Waals surface area (Å²) in [6.45, 7) is 7.27. The summed E-state index contributed by atoms with van der Waals surface area (Å²) in [6, 6.07) is 1.24. The average Bonchev–Trinajstić information content (AvgIpc) is 2.56. The number of ether oxygens (including phenoxy) is 2. The predicted molar refractivity (Wildman–Crippen MR) is 68.5 cm³/mol. The van der Waals surface area contributed by atoms with Crippen molar-refractivity contribution >= 4 is 6.09 Å². The Labute approximate surface area is 109 Å². The lowest BCUT2D eigenvalue weighted by Crippen LogP contribution is -2.50. The van der Waals surface area contributed by atoms with Gasteiger partial charge in [0, 0.05) is 12.1 Å². The van der Waals surface area contributed by atoms with Gasteiger partial charge in [0.1, 0.15) is 5.60 Å². The first kappa shape index (κ1) is 13.6. The SMILES string of the molecule is CC(C)(C)OC(=O)NC1CCC(NC2COC2)C1. The molecule has 2 fully saturated rings. The molecule has 2 unspecified atom stereocenters. The molecule has 1 aliphatic heterocycles. The van der Waals surface area contributed by atoms with Gasteiger partial charge in [-0.1, -0.05) is 0 Å². The van der Waals surface area contributed by atoms with E-state index >= 15 is 0 Å². The highest BCUT2D eigenvalue weighted by Crippen LogP contribution is 2.21. The predicted octanol–water partition coefficient (Wildman–Crippen LogP) is 1.42. The van der Waals surface area contributed by atoms with Crippen LogP contribution in [-0.4, -0.2) is 43.0 Å². The van der Waals surface area contributed by atoms with Crippen LogP contribution < -0.4 is 10.6 Å². The topological polar surface area (TPSA) is 59.6 Å². The second kappa shape index (κ2) is 5.45. The number of rotatable bonds is 3. The number of hydrogen-bond donors (Lipinski definition) is 2. The molecule has 1 saturated heterocycles. The van der Waals surface area contributed by atoms with Gasteiger partial charge >= 0.3 is 6.09 Å². The van der Waals surface area contributed by atoms with Gasteiger partial charge < -0.3 is 20.1 Å². The molecule has 2 aliphatic rings. The van der Waals surface area contributed by atoms with Gasteiger partial charge in [-0.25, -0.2) is 4.79 Å². The van der Waals surface area contributed by atoms with Crippen molar-refractivity contribution in [2.24, 2.45) is 0 Å². The molecule has 5 heteroatoms. The summed E-state index contributed by atoms with van der Waals surface area (Å²) in [5.41, 5.74) is -0.427. The summed E-state index contributed by atoms with van der Waals surface area (Å²) in [5.74, 6) is 0. The van der Waals surface area contributed by atoms with E-state index in [0.29, 0.717) is 12.1 Å². The molecule has 1 amide bonds. The van der Waals surface area contributed by atoms with Gasteiger partial charge in [-0.05, 0) is 40.0 Å². The highest BCUT2D eigenvalue weighted by Gasteiger charge is 2.30. The molecule has 18 heavy (non-hydrogen) atoms. The minimum Gasteiger partial charge on any atom is -0.444 e. The van der Waals surface area contributed by atoms with Crippen LogP contribution in [0.25, 0.3) is 0 Å². The zero-order valence-corrected chi connectivity index (χ0v) is 11.5. The van der Waals surface area contributed by atoms with Crippen molar-refractivity contribution in [3.8, 4) is 0 Å². The lowest BCUT2D eigenvalue weighted by molar-refractivity contribution is -0.00977. The molecule has 2 N–H and O–H groups in total. The van der Waals surface area contributed by atoms with Crippen molar-refractivity contribution < 1.29 is 14.3 Å². The fourth-order valence-electron chi connectivity index (χ4n) is 2.40. The quantitative estimate of drug-likeness (QED) is 0.802. The first-order valence-electron chi connectivity index (χ1n) is 6.76. The Bertz CT molecular complexity index is 297. The molecule has 1 heterocycles. The van der Waals surface area contributed by atoms with Crippen LogP contribution in [0.2, 0.25) is 0 Å². The Morgan fingerprint density at radius 3 is 2.39 bits per heavy atom. The standard InChI is InChI=1S/C13H24N2O3/c1-13(2,3)18-12(16)15-10-5-4-9(6-10)14-11-7-17-8-11/h9-11,14H,4-8H2,1-3H3,(H,15,16). The third-order valence-electron chi connectivity index (χ3n) is 3.26. The zero-order chi connectivity index (χ0) is 13.2. The van der Waals surface area contributed by atoms with E-state index < -0.39 is 5.60 Å². The van der Waals surface area contributed by atoms with E-state index in [1.165, 1.54) is 0 Å². The van der Waals surface area contributed by atoms with E-state index in [9.17, 15) is 4.79 Å². The maximum absolute atomic E-state index is 11.6. The molecule has 1 aliphatic carbocycles. The minimum atomic E-state index is -0.427. The molecule has 2 atom stereocenters. The van der Waals surface area contributed by atoms with E-state index in [-0.39, 0.29) is 12.1 Å². The summed E-state index contributed by atoms with van der Waals surface area (Å²) in [4.78, 5) is 11.6. The van der Waals surface area contributed by atoms with Crippen molar-refractivity contribution in [1.29, 1.82) is 0 Å². The Morgan fingerprint density at radius 2 is 1.83 bits per heavy atom. The van der Waals surface area contributed by atoms with E-state index in [1.807, 2.05) is 20.8 Å². The monoisotopic (exact) mass is 256 g/mol. The number of alkyl carbamates (subject to hydrolysis) is 1. The molecule has 0 radical (unpaired) electrons. The second-order valence-electron chi connectivity index (χ2n) is 6.25. The molecular formula is C13H24N2O3. The highest BCUT2D eigenvalue weighted by atomic mass is 16.6. The van der Waals surface area contributed by atoms with Crippen molar-refractivity contribution in [2.45, 2.75) is 63.8 Å². The van der Waals surface area contributed by atoms with Crippen LogP contribution >= 0.6 is 0 Å². The molecule has 5 nitrogen and oxygen atoms in total. The van der Waals surface area contributed by atoms with Gasteiger partial charge in [0.15, 0.2) is 0 Å². The number of hydrogen-bond acceptors (Lipinski definition) is 4. The Balaban J connectivity index is 1.67. The van der Waals surface area contributed by atoms with Gasteiger partial charge in [0.05, 0.1) is 19.3 Å². The molecule has 2 rings (SSSR count). The smallest absolute Gasteiger partial charge is 0.407 e. The Morgan fingerprint density at radius 1 is 1.17 bits per heavy atom. The summed E-state index contributed by atoms with van der Waals surface area (Å²) >= 11 is 0. The number of carbonyl (C=O) groups excluding carboxylic acids is 1. The normalized spacial score (nSPS) is 28.8. The summed E-state index contributed by atoms with van der Waals surface area (Å²) in [6.07, 6.45) is 2.80. The highest BCUT2D eigenvalue weighted by molar-refractivity contribution is 5.68. The fraction of sp³-hybridized carbons (Fsp3) is 0.923. The fourth-order valence-corrected chi connectivity index (χ4v) is 2.40. The van der Waals surface area contributed by atoms with Gasteiger partial charge in [-0.15, -0.1) is 0 Å². The van der Waals surface area contributed by atoms with Crippen molar-refractivity contribution in [3.05, 3.63) is 0 Å². The van der Waals surface area contributed by atoms with Crippen molar-refractivity contribution in [2.75, 3.05) is 13.2 Å². The van der Waals surface area contributed by atoms with E-state index in [4.69, 9.17) is 9.47 Å². The lowest BCUT2D eigenvalue weighted by Gasteiger charge is -2.30. The van der Waals surface area contributed by atoms with Crippen molar-refractivity contribution in [1.82, 2.24) is 10.6 Å². The average molecular weight is 256 g/mol. The third kappa shape index (κ3) is 4.14. The molecule has 0 aromatic carbocycles. The lowest BCUT2D eigenvalue weighted by atomic mass is 10.2. The molecular weight excluding hydrogens is 232 g/mol. The zero-order valence-electron chi connectivity index (χ0n) is 11.5. The molecule has 0 spiro atoms. The van der Waals surface area contributed by atoms with Gasteiger partial charge in [0.2, 0.25) is 0 Å². The van der Waals surface area contributed by atoms with Gasteiger partial charge in [-0.3, -0.25) is 0 Å². The second-order valence-corrected chi connectivity index (χ2v) is 6.25. The maximum Gasteiger partial charge on any atom is 0.407 e. The number of amides is 1. The molecule has 104 valence electrons. The van der Waals surface area contributed by atoms with Crippen LogP contribution in [0.3, 0.4) is 0 Å². The van der Waals surface area contributed by atoms with E-state index in [2.05, 4.69) is 10.6 Å². The molecule has 0 aromatic rings. The summed E-state index contributed by atoms with van der Waals surface area (Å²) in [5, 5.41) is 6.49. The first-order valence-corrected chi connectivity index (χ1v) is 6.76. The molecule has 1 saturated carbocycles. The van der Waals surface area contributed by atoms with Crippen LogP contribution in [-0.2, 0) is 9.47 Å². The van der Waals surface area contributed by atoms with Crippen LogP contribution in [0.5, 0.6) is 0 Å². The summed E-state index contributed by atoms with van der Waals surface area (Å²) in [7, 11) is 0. The molecule has 0 aromatic heterocycles. The first-order chi connectivity index (χ1) is 8.42. The van der Waals surface area contributed by atoms with Crippen LogP contribution in [0, 0.1) is 0 Å². The Kier molecular flexibility index (Phi) is 4.12. The van der Waals surface area contributed by atoms with E-state index in [0.717, 1.165) is 32.5 Å². The molecule has 0 bridgehead atoms. The van der Waals surface area contributed by atoms with Gasteiger partial charge in [-0.2, -0.15) is 0 Å².